The molecule has 4 fully saturated rings. The van der Waals surface area contributed by atoms with Crippen molar-refractivity contribution in [1.82, 2.24) is 0 Å². The molecule has 3 aromatic carbocycles. The molecule has 4 aliphatic carbocycles. The van der Waals surface area contributed by atoms with Crippen molar-refractivity contribution in [3.63, 3.8) is 0 Å². The molecule has 0 atom stereocenters. The summed E-state index contributed by atoms with van der Waals surface area (Å²) in [4.78, 5) is 0. The van der Waals surface area contributed by atoms with Gasteiger partial charge in [0.2, 0.25) is 0 Å². The molecule has 7 rings (SSSR count). The van der Waals surface area contributed by atoms with E-state index in [-0.39, 0.29) is 0 Å². The number of hydrogen-bond acceptors (Lipinski definition) is 0. The lowest BCUT2D eigenvalue weighted by Gasteiger charge is -2.57. The molecule has 0 radical (unpaired) electrons. The second kappa shape index (κ2) is 6.34. The van der Waals surface area contributed by atoms with E-state index in [2.05, 4.69) is 78.9 Å². The fraction of sp³-hybridized carbons (Fsp3) is 0.357. The Morgan fingerprint density at radius 3 is 1.32 bits per heavy atom. The van der Waals surface area contributed by atoms with Crippen LogP contribution in [0.1, 0.15) is 44.1 Å². The molecule has 0 amide bonds. The van der Waals surface area contributed by atoms with Crippen molar-refractivity contribution in [2.45, 2.75) is 43.9 Å². The highest BCUT2D eigenvalue weighted by molar-refractivity contribution is 5.70. The minimum Gasteiger partial charge on any atom is -0.0622 e. The molecule has 4 bridgehead atoms. The number of rotatable bonds is 3. The summed E-state index contributed by atoms with van der Waals surface area (Å²) in [5.41, 5.74) is 7.35. The van der Waals surface area contributed by atoms with Crippen molar-refractivity contribution in [2.75, 3.05) is 0 Å². The fourth-order valence-electron chi connectivity index (χ4n) is 6.97. The maximum Gasteiger partial charge on any atom is -0.00391 e. The third kappa shape index (κ3) is 2.73. The largest absolute Gasteiger partial charge is 0.0622 e. The van der Waals surface area contributed by atoms with Crippen LogP contribution in [-0.4, -0.2) is 0 Å². The maximum atomic E-state index is 2.45. The van der Waals surface area contributed by atoms with Crippen LogP contribution in [0.2, 0.25) is 0 Å². The van der Waals surface area contributed by atoms with Crippen molar-refractivity contribution >= 4 is 0 Å². The summed E-state index contributed by atoms with van der Waals surface area (Å²) in [7, 11) is 0. The minimum atomic E-state index is 0.504. The molecule has 0 saturated heterocycles. The van der Waals surface area contributed by atoms with E-state index in [9.17, 15) is 0 Å². The van der Waals surface area contributed by atoms with E-state index in [0.717, 1.165) is 17.8 Å². The normalized spacial score (nSPS) is 30.5. The first kappa shape index (κ1) is 16.6. The first-order valence-corrected chi connectivity index (χ1v) is 11.0. The van der Waals surface area contributed by atoms with Crippen LogP contribution in [-0.2, 0) is 5.41 Å². The SMILES string of the molecule is c1ccc(-c2ccc(-c3ccc(C45CC6CC(CC(C6)C4)C5)cc3)cc2)cc1. The lowest BCUT2D eigenvalue weighted by Crippen LogP contribution is -2.48. The van der Waals surface area contributed by atoms with E-state index in [4.69, 9.17) is 0 Å². The Morgan fingerprint density at radius 1 is 0.464 bits per heavy atom. The van der Waals surface area contributed by atoms with Gasteiger partial charge in [-0.15, -0.1) is 0 Å². The molecule has 0 aromatic heterocycles. The van der Waals surface area contributed by atoms with Crippen molar-refractivity contribution < 1.29 is 0 Å². The second-order valence-electron chi connectivity index (χ2n) is 9.72. The van der Waals surface area contributed by atoms with Crippen LogP contribution in [0.4, 0.5) is 0 Å². The summed E-state index contributed by atoms with van der Waals surface area (Å²) in [5.74, 6) is 3.03. The Kier molecular flexibility index (Phi) is 3.76. The molecule has 0 aliphatic heterocycles. The predicted molar refractivity (Wildman–Crippen MR) is 117 cm³/mol. The quantitative estimate of drug-likeness (QED) is 0.451. The average Bonchev–Trinajstić information content (AvgIpc) is 2.74. The highest BCUT2D eigenvalue weighted by atomic mass is 14.6. The van der Waals surface area contributed by atoms with Crippen LogP contribution >= 0.6 is 0 Å². The third-order valence-corrected chi connectivity index (χ3v) is 7.86. The molecule has 0 nitrogen and oxygen atoms in total. The van der Waals surface area contributed by atoms with Crippen LogP contribution in [0.15, 0.2) is 78.9 Å². The molecule has 0 unspecified atom stereocenters. The first-order valence-electron chi connectivity index (χ1n) is 11.0. The summed E-state index contributed by atoms with van der Waals surface area (Å²) < 4.78 is 0. The van der Waals surface area contributed by atoms with Gasteiger partial charge in [0.25, 0.3) is 0 Å². The Bertz CT molecular complexity index is 928. The molecule has 4 aliphatic rings. The van der Waals surface area contributed by atoms with Crippen molar-refractivity contribution in [3.8, 4) is 22.3 Å². The zero-order valence-electron chi connectivity index (χ0n) is 16.5. The molecule has 3 aromatic rings. The molecule has 140 valence electrons. The van der Waals surface area contributed by atoms with Gasteiger partial charge >= 0.3 is 0 Å². The molecular weight excluding hydrogens is 336 g/mol. The highest BCUT2D eigenvalue weighted by Crippen LogP contribution is 2.60. The lowest BCUT2D eigenvalue weighted by atomic mass is 9.48. The summed E-state index contributed by atoms with van der Waals surface area (Å²) >= 11 is 0. The molecule has 0 spiro atoms. The van der Waals surface area contributed by atoms with E-state index in [1.54, 1.807) is 5.56 Å². The van der Waals surface area contributed by atoms with Crippen LogP contribution < -0.4 is 0 Å². The number of hydrogen-bond donors (Lipinski definition) is 0. The van der Waals surface area contributed by atoms with Gasteiger partial charge in [-0.05, 0) is 89.5 Å². The van der Waals surface area contributed by atoms with Gasteiger partial charge in [-0.25, -0.2) is 0 Å². The van der Waals surface area contributed by atoms with E-state index < -0.39 is 0 Å². The van der Waals surface area contributed by atoms with E-state index in [1.807, 2.05) is 0 Å². The highest BCUT2D eigenvalue weighted by Gasteiger charge is 2.51. The third-order valence-electron chi connectivity index (χ3n) is 7.86. The fourth-order valence-corrected chi connectivity index (χ4v) is 6.97. The molecule has 4 saturated carbocycles. The molecule has 0 heterocycles. The Labute approximate surface area is 168 Å². The van der Waals surface area contributed by atoms with Gasteiger partial charge in [-0.3, -0.25) is 0 Å². The smallest absolute Gasteiger partial charge is 0.00391 e. The Morgan fingerprint density at radius 2 is 0.857 bits per heavy atom. The van der Waals surface area contributed by atoms with Crippen molar-refractivity contribution in [3.05, 3.63) is 84.4 Å². The number of benzene rings is 3. The monoisotopic (exact) mass is 364 g/mol. The van der Waals surface area contributed by atoms with Gasteiger partial charge in [0.1, 0.15) is 0 Å². The van der Waals surface area contributed by atoms with Gasteiger partial charge < -0.3 is 0 Å². The summed E-state index contributed by atoms with van der Waals surface area (Å²) in [6.45, 7) is 0. The Balaban J connectivity index is 1.27. The van der Waals surface area contributed by atoms with Gasteiger partial charge in [0.15, 0.2) is 0 Å². The maximum absolute atomic E-state index is 2.45. The predicted octanol–water partition coefficient (Wildman–Crippen LogP) is 7.49. The van der Waals surface area contributed by atoms with Crippen LogP contribution in [0.5, 0.6) is 0 Å². The second-order valence-corrected chi connectivity index (χ2v) is 9.72. The minimum absolute atomic E-state index is 0.504. The molecule has 0 heteroatoms. The first-order chi connectivity index (χ1) is 13.8. The van der Waals surface area contributed by atoms with E-state index in [1.165, 1.54) is 60.8 Å². The van der Waals surface area contributed by atoms with E-state index in [0.29, 0.717) is 5.41 Å². The van der Waals surface area contributed by atoms with Crippen LogP contribution in [0.3, 0.4) is 0 Å². The molecule has 28 heavy (non-hydrogen) atoms. The average molecular weight is 365 g/mol. The summed E-state index contributed by atoms with van der Waals surface area (Å²) in [5, 5.41) is 0. The van der Waals surface area contributed by atoms with Crippen LogP contribution in [0, 0.1) is 17.8 Å². The van der Waals surface area contributed by atoms with E-state index >= 15 is 0 Å². The molecular formula is C28H28. The van der Waals surface area contributed by atoms with Gasteiger partial charge in [-0.1, -0.05) is 78.9 Å². The zero-order chi connectivity index (χ0) is 18.6. The standard InChI is InChI=1S/C28H28/c1-2-4-23(5-3-1)24-6-8-25(9-7-24)26-10-12-27(13-11-26)28-17-20-14-21(18-28)16-22(15-20)19-28/h1-13,20-22H,14-19H2. The topological polar surface area (TPSA) is 0 Å². The lowest BCUT2D eigenvalue weighted by molar-refractivity contribution is -0.00518. The van der Waals surface area contributed by atoms with Crippen molar-refractivity contribution in [2.24, 2.45) is 17.8 Å². The van der Waals surface area contributed by atoms with Crippen LogP contribution in [0.25, 0.3) is 22.3 Å². The Hall–Kier alpha value is -2.34. The molecule has 0 N–H and O–H groups in total. The zero-order valence-corrected chi connectivity index (χ0v) is 16.5. The van der Waals surface area contributed by atoms with Gasteiger partial charge in [-0.2, -0.15) is 0 Å². The van der Waals surface area contributed by atoms with Gasteiger partial charge in [0.05, 0.1) is 0 Å². The van der Waals surface area contributed by atoms with Gasteiger partial charge in [0, 0.05) is 0 Å². The summed E-state index contributed by atoms with van der Waals surface area (Å²) in [6, 6.07) is 29.3. The van der Waals surface area contributed by atoms with Crippen molar-refractivity contribution in [1.29, 1.82) is 0 Å². The summed E-state index contributed by atoms with van der Waals surface area (Å²) in [6.07, 6.45) is 8.90.